The van der Waals surface area contributed by atoms with Crippen LogP contribution in [0, 0.1) is 0 Å². The highest BCUT2D eigenvalue weighted by Crippen LogP contribution is 2.00. The van der Waals surface area contributed by atoms with Crippen molar-refractivity contribution in [3.8, 4) is 0 Å². The molecule has 0 bridgehead atoms. The van der Waals surface area contributed by atoms with Crippen molar-refractivity contribution in [2.75, 3.05) is 6.54 Å². The van der Waals surface area contributed by atoms with Crippen molar-refractivity contribution in [1.29, 1.82) is 0 Å². The number of hydrogen-bond donors (Lipinski definition) is 1. The molecule has 1 heterocycles. The van der Waals surface area contributed by atoms with Gasteiger partial charge in [0, 0.05) is 19.5 Å². The fourth-order valence-electron chi connectivity index (χ4n) is 1.50. The summed E-state index contributed by atoms with van der Waals surface area (Å²) in [6.45, 7) is 1.87. The minimum absolute atomic E-state index is 0.918. The predicted octanol–water partition coefficient (Wildman–Crippen LogP) is 2.61. The molecule has 0 radical (unpaired) electrons. The second-order valence-corrected chi connectivity index (χ2v) is 3.49. The lowest BCUT2D eigenvalue weighted by Gasteiger charge is -2.03. The lowest BCUT2D eigenvalue weighted by molar-refractivity contribution is 0.499. The first-order valence-corrected chi connectivity index (χ1v) is 5.22. The van der Waals surface area contributed by atoms with Gasteiger partial charge in [0.25, 0.3) is 0 Å². The van der Waals surface area contributed by atoms with Gasteiger partial charge in [0.05, 0.1) is 6.26 Å². The Bertz CT molecular complexity index is 367. The molecule has 0 fully saturated rings. The highest BCUT2D eigenvalue weighted by Gasteiger charge is 1.95. The molecule has 15 heavy (non-hydrogen) atoms. The van der Waals surface area contributed by atoms with Crippen molar-refractivity contribution in [2.45, 2.75) is 13.0 Å². The maximum Gasteiger partial charge on any atom is 0.105 e. The van der Waals surface area contributed by atoms with Gasteiger partial charge in [-0.1, -0.05) is 30.3 Å². The fraction of sp³-hybridized carbons (Fsp3) is 0.231. The van der Waals surface area contributed by atoms with Gasteiger partial charge in [-0.05, 0) is 17.7 Å². The fourth-order valence-corrected chi connectivity index (χ4v) is 1.50. The van der Waals surface area contributed by atoms with Crippen molar-refractivity contribution in [1.82, 2.24) is 5.32 Å². The lowest BCUT2D eigenvalue weighted by atomic mass is 10.2. The molecule has 78 valence electrons. The summed E-state index contributed by atoms with van der Waals surface area (Å²) in [6, 6.07) is 14.3. The van der Waals surface area contributed by atoms with Crippen molar-refractivity contribution >= 4 is 0 Å². The molecular formula is C13H15NO. The number of furan rings is 1. The molecule has 2 heteroatoms. The first-order chi connectivity index (χ1) is 7.45. The summed E-state index contributed by atoms with van der Waals surface area (Å²) in [4.78, 5) is 0. The van der Waals surface area contributed by atoms with Crippen LogP contribution in [0.5, 0.6) is 0 Å². The van der Waals surface area contributed by atoms with Crippen LogP contribution in [0.1, 0.15) is 11.3 Å². The third-order valence-electron chi connectivity index (χ3n) is 2.30. The zero-order chi connectivity index (χ0) is 10.3. The summed E-state index contributed by atoms with van der Waals surface area (Å²) < 4.78 is 5.25. The Morgan fingerprint density at radius 1 is 1.00 bits per heavy atom. The van der Waals surface area contributed by atoms with Crippen molar-refractivity contribution in [3.05, 3.63) is 60.1 Å². The maximum atomic E-state index is 5.25. The lowest BCUT2D eigenvalue weighted by Crippen LogP contribution is -2.16. The molecule has 0 atom stereocenters. The molecule has 0 aliphatic rings. The molecule has 0 unspecified atom stereocenters. The Labute approximate surface area is 89.9 Å². The smallest absolute Gasteiger partial charge is 0.105 e. The minimum atomic E-state index is 0.918. The second-order valence-electron chi connectivity index (χ2n) is 3.49. The molecule has 0 aliphatic carbocycles. The maximum absolute atomic E-state index is 5.25. The third kappa shape index (κ3) is 3.26. The molecule has 0 amide bonds. The molecule has 1 aromatic heterocycles. The van der Waals surface area contributed by atoms with E-state index < -0.39 is 0 Å². The summed E-state index contributed by atoms with van der Waals surface area (Å²) in [5, 5.41) is 3.38. The largest absolute Gasteiger partial charge is 0.469 e. The summed E-state index contributed by atoms with van der Waals surface area (Å²) in [6.07, 6.45) is 2.66. The van der Waals surface area contributed by atoms with E-state index in [0.29, 0.717) is 0 Å². The van der Waals surface area contributed by atoms with E-state index in [2.05, 4.69) is 29.6 Å². The molecular weight excluding hydrogens is 186 g/mol. The Morgan fingerprint density at radius 2 is 1.87 bits per heavy atom. The van der Waals surface area contributed by atoms with Crippen LogP contribution in [0.4, 0.5) is 0 Å². The highest BCUT2D eigenvalue weighted by atomic mass is 16.3. The third-order valence-corrected chi connectivity index (χ3v) is 2.30. The van der Waals surface area contributed by atoms with Gasteiger partial charge in [0.2, 0.25) is 0 Å². The van der Waals surface area contributed by atoms with Crippen molar-refractivity contribution < 1.29 is 4.42 Å². The Hall–Kier alpha value is -1.54. The van der Waals surface area contributed by atoms with Crippen LogP contribution in [0.3, 0.4) is 0 Å². The SMILES string of the molecule is c1ccc(CNCCc2ccco2)cc1. The van der Waals surface area contributed by atoms with Gasteiger partial charge in [-0.3, -0.25) is 0 Å². The Balaban J connectivity index is 1.68. The second kappa shape index (κ2) is 5.37. The topological polar surface area (TPSA) is 25.2 Å². The number of benzene rings is 1. The van der Waals surface area contributed by atoms with Crippen LogP contribution >= 0.6 is 0 Å². The average Bonchev–Trinajstić information content (AvgIpc) is 2.79. The van der Waals surface area contributed by atoms with Gasteiger partial charge < -0.3 is 9.73 Å². The summed E-state index contributed by atoms with van der Waals surface area (Å²) in [5.74, 6) is 1.04. The quantitative estimate of drug-likeness (QED) is 0.752. The van der Waals surface area contributed by atoms with Crippen LogP contribution in [-0.4, -0.2) is 6.54 Å². The Morgan fingerprint density at radius 3 is 2.60 bits per heavy atom. The van der Waals surface area contributed by atoms with Gasteiger partial charge in [-0.15, -0.1) is 0 Å². The molecule has 2 aromatic rings. The van der Waals surface area contributed by atoms with E-state index in [9.17, 15) is 0 Å². The molecule has 1 N–H and O–H groups in total. The molecule has 0 saturated heterocycles. The van der Waals surface area contributed by atoms with E-state index in [0.717, 1.165) is 25.3 Å². The van der Waals surface area contributed by atoms with Crippen LogP contribution in [0.25, 0.3) is 0 Å². The van der Waals surface area contributed by atoms with E-state index >= 15 is 0 Å². The summed E-state index contributed by atoms with van der Waals surface area (Å²) in [7, 11) is 0. The predicted molar refractivity (Wildman–Crippen MR) is 60.6 cm³/mol. The number of rotatable bonds is 5. The van der Waals surface area contributed by atoms with Gasteiger partial charge in [-0.2, -0.15) is 0 Å². The molecule has 0 aliphatic heterocycles. The van der Waals surface area contributed by atoms with Crippen molar-refractivity contribution in [3.63, 3.8) is 0 Å². The first kappa shape index (κ1) is 9.99. The highest BCUT2D eigenvalue weighted by molar-refractivity contribution is 5.14. The van der Waals surface area contributed by atoms with E-state index in [1.807, 2.05) is 18.2 Å². The molecule has 2 rings (SSSR count). The minimum Gasteiger partial charge on any atom is -0.469 e. The van der Waals surface area contributed by atoms with Crippen LogP contribution in [-0.2, 0) is 13.0 Å². The molecule has 0 spiro atoms. The summed E-state index contributed by atoms with van der Waals surface area (Å²) >= 11 is 0. The van der Waals surface area contributed by atoms with E-state index in [1.165, 1.54) is 5.56 Å². The number of hydrogen-bond acceptors (Lipinski definition) is 2. The van der Waals surface area contributed by atoms with E-state index in [4.69, 9.17) is 4.42 Å². The van der Waals surface area contributed by atoms with Gasteiger partial charge in [0.15, 0.2) is 0 Å². The normalized spacial score (nSPS) is 10.4. The zero-order valence-corrected chi connectivity index (χ0v) is 8.65. The zero-order valence-electron chi connectivity index (χ0n) is 8.65. The van der Waals surface area contributed by atoms with E-state index in [1.54, 1.807) is 6.26 Å². The van der Waals surface area contributed by atoms with Crippen LogP contribution in [0.15, 0.2) is 53.1 Å². The van der Waals surface area contributed by atoms with Gasteiger partial charge in [-0.25, -0.2) is 0 Å². The molecule has 1 aromatic carbocycles. The summed E-state index contributed by atoms with van der Waals surface area (Å²) in [5.41, 5.74) is 1.32. The molecule has 2 nitrogen and oxygen atoms in total. The Kier molecular flexibility index (Phi) is 3.58. The average molecular weight is 201 g/mol. The number of nitrogens with one attached hydrogen (secondary N) is 1. The van der Waals surface area contributed by atoms with Crippen LogP contribution < -0.4 is 5.32 Å². The monoisotopic (exact) mass is 201 g/mol. The first-order valence-electron chi connectivity index (χ1n) is 5.22. The van der Waals surface area contributed by atoms with E-state index in [-0.39, 0.29) is 0 Å². The van der Waals surface area contributed by atoms with Crippen molar-refractivity contribution in [2.24, 2.45) is 0 Å². The van der Waals surface area contributed by atoms with Gasteiger partial charge >= 0.3 is 0 Å². The standard InChI is InChI=1S/C13H15NO/c1-2-5-12(6-3-1)11-14-9-8-13-7-4-10-15-13/h1-7,10,14H,8-9,11H2. The molecule has 0 saturated carbocycles. The van der Waals surface area contributed by atoms with Crippen LogP contribution in [0.2, 0.25) is 0 Å². The van der Waals surface area contributed by atoms with Gasteiger partial charge in [0.1, 0.15) is 5.76 Å².